The van der Waals surface area contributed by atoms with Gasteiger partial charge >= 0.3 is 0 Å². The largest absolute Gasteiger partial charge is 0.391 e. The molecule has 0 saturated heterocycles. The van der Waals surface area contributed by atoms with E-state index in [2.05, 4.69) is 47.1 Å². The highest BCUT2D eigenvalue weighted by atomic mass is 79.9. The summed E-state index contributed by atoms with van der Waals surface area (Å²) in [7, 11) is 0. The summed E-state index contributed by atoms with van der Waals surface area (Å²) in [6, 6.07) is 0. The summed E-state index contributed by atoms with van der Waals surface area (Å²) in [4.78, 5) is 12.1. The number of halogens is 1. The molecule has 0 fully saturated rings. The second-order valence-electron chi connectivity index (χ2n) is 5.42. The number of hydrogen-bond donors (Lipinski definition) is 2. The van der Waals surface area contributed by atoms with Gasteiger partial charge in [0, 0.05) is 13.1 Å². The molecular weight excluding hydrogens is 322 g/mol. The Kier molecular flexibility index (Phi) is 7.23. The predicted octanol–water partition coefficient (Wildman–Crippen LogP) is 2.62. The van der Waals surface area contributed by atoms with Crippen molar-refractivity contribution >= 4 is 21.6 Å². The van der Waals surface area contributed by atoms with E-state index in [4.69, 9.17) is 0 Å². The third-order valence-corrected chi connectivity index (χ3v) is 3.75. The van der Waals surface area contributed by atoms with Crippen molar-refractivity contribution in [2.45, 2.75) is 52.7 Å². The van der Waals surface area contributed by atoms with Gasteiger partial charge in [0.2, 0.25) is 0 Å². The lowest BCUT2D eigenvalue weighted by atomic mass is 10.1. The van der Waals surface area contributed by atoms with Crippen molar-refractivity contribution in [3.63, 3.8) is 0 Å². The minimum absolute atomic E-state index is 0.137. The third-order valence-electron chi connectivity index (χ3n) is 2.98. The van der Waals surface area contributed by atoms with Crippen LogP contribution in [0.25, 0.3) is 0 Å². The van der Waals surface area contributed by atoms with Crippen LogP contribution in [0.2, 0.25) is 0 Å². The van der Waals surface area contributed by atoms with Crippen LogP contribution < -0.4 is 10.9 Å². The molecule has 114 valence electrons. The van der Waals surface area contributed by atoms with Gasteiger partial charge in [-0.3, -0.25) is 4.79 Å². The first kappa shape index (κ1) is 17.2. The molecule has 0 saturated carbocycles. The summed E-state index contributed by atoms with van der Waals surface area (Å²) >= 11 is 3.31. The summed E-state index contributed by atoms with van der Waals surface area (Å²) < 4.78 is 1.93. The van der Waals surface area contributed by atoms with Gasteiger partial charge in [0.1, 0.15) is 4.47 Å². The number of nitrogens with one attached hydrogen (secondary N) is 1. The molecule has 5 nitrogen and oxygen atoms in total. The lowest BCUT2D eigenvalue weighted by Gasteiger charge is -2.15. The maximum absolute atomic E-state index is 12.1. The van der Waals surface area contributed by atoms with Crippen LogP contribution in [0.3, 0.4) is 0 Å². The van der Waals surface area contributed by atoms with E-state index in [0.29, 0.717) is 29.2 Å². The minimum atomic E-state index is -0.426. The van der Waals surface area contributed by atoms with Gasteiger partial charge < -0.3 is 10.4 Å². The summed E-state index contributed by atoms with van der Waals surface area (Å²) in [6.07, 6.45) is 3.88. The molecule has 0 radical (unpaired) electrons. The molecule has 0 spiro atoms. The first-order chi connectivity index (χ1) is 9.45. The van der Waals surface area contributed by atoms with E-state index < -0.39 is 6.10 Å². The molecule has 0 aromatic carbocycles. The Labute approximate surface area is 128 Å². The van der Waals surface area contributed by atoms with Crippen molar-refractivity contribution in [3.05, 3.63) is 21.0 Å². The Bertz CT molecular complexity index is 474. The SMILES string of the molecule is CCCCn1ncc(NCC(O)CC(C)C)c(Br)c1=O. The van der Waals surface area contributed by atoms with Crippen molar-refractivity contribution < 1.29 is 5.11 Å². The fraction of sp³-hybridized carbons (Fsp3) is 0.714. The standard InChI is InChI=1S/C14H24BrN3O2/c1-4-5-6-18-14(20)13(15)12(9-17-18)16-8-11(19)7-10(2)3/h9-11,16,19H,4-8H2,1-3H3. The molecule has 1 rings (SSSR count). The number of aromatic nitrogens is 2. The highest BCUT2D eigenvalue weighted by molar-refractivity contribution is 9.10. The number of aliphatic hydroxyl groups is 1. The van der Waals surface area contributed by atoms with Crippen molar-refractivity contribution in [2.75, 3.05) is 11.9 Å². The maximum atomic E-state index is 12.1. The second kappa shape index (κ2) is 8.42. The minimum Gasteiger partial charge on any atom is -0.391 e. The lowest BCUT2D eigenvalue weighted by molar-refractivity contribution is 0.161. The highest BCUT2D eigenvalue weighted by Gasteiger charge is 2.11. The third kappa shape index (κ3) is 5.25. The first-order valence-corrected chi connectivity index (χ1v) is 7.92. The molecule has 1 aromatic rings. The Morgan fingerprint density at radius 1 is 1.50 bits per heavy atom. The van der Waals surface area contributed by atoms with Crippen LogP contribution in [0.15, 0.2) is 15.5 Å². The molecule has 1 heterocycles. The molecule has 0 aliphatic carbocycles. The number of hydrogen-bond acceptors (Lipinski definition) is 4. The molecule has 2 N–H and O–H groups in total. The molecule has 1 aromatic heterocycles. The van der Waals surface area contributed by atoms with Crippen LogP contribution in [0.4, 0.5) is 5.69 Å². The van der Waals surface area contributed by atoms with Gasteiger partial charge in [0.05, 0.1) is 18.0 Å². The van der Waals surface area contributed by atoms with Crippen molar-refractivity contribution in [1.82, 2.24) is 9.78 Å². The second-order valence-corrected chi connectivity index (χ2v) is 6.21. The molecule has 0 amide bonds. The van der Waals surface area contributed by atoms with Crippen molar-refractivity contribution in [1.29, 1.82) is 0 Å². The van der Waals surface area contributed by atoms with E-state index in [1.165, 1.54) is 4.68 Å². The average molecular weight is 346 g/mol. The van der Waals surface area contributed by atoms with Gasteiger partial charge in [0.15, 0.2) is 0 Å². The Hall–Kier alpha value is -0.880. The van der Waals surface area contributed by atoms with Crippen LogP contribution in [0.5, 0.6) is 0 Å². The normalized spacial score (nSPS) is 12.7. The Morgan fingerprint density at radius 2 is 2.20 bits per heavy atom. The average Bonchev–Trinajstić information content (AvgIpc) is 2.38. The highest BCUT2D eigenvalue weighted by Crippen LogP contribution is 2.16. The van der Waals surface area contributed by atoms with Crippen LogP contribution in [-0.4, -0.2) is 27.5 Å². The quantitative estimate of drug-likeness (QED) is 0.759. The van der Waals surface area contributed by atoms with Gasteiger partial charge in [-0.05, 0) is 34.7 Å². The van der Waals surface area contributed by atoms with Crippen molar-refractivity contribution in [3.8, 4) is 0 Å². The summed E-state index contributed by atoms with van der Waals surface area (Å²) in [6.45, 7) is 7.25. The predicted molar refractivity (Wildman–Crippen MR) is 85.1 cm³/mol. The molecule has 0 aliphatic rings. The van der Waals surface area contributed by atoms with Crippen LogP contribution in [0, 0.1) is 5.92 Å². The van der Waals surface area contributed by atoms with E-state index in [1.54, 1.807) is 6.20 Å². The molecule has 0 aliphatic heterocycles. The summed E-state index contributed by atoms with van der Waals surface area (Å²) in [5, 5.41) is 17.0. The number of nitrogens with zero attached hydrogens (tertiary/aromatic N) is 2. The van der Waals surface area contributed by atoms with E-state index in [1.807, 2.05) is 0 Å². The zero-order chi connectivity index (χ0) is 15.1. The zero-order valence-corrected chi connectivity index (χ0v) is 14.0. The molecule has 6 heteroatoms. The molecular formula is C14H24BrN3O2. The number of unbranched alkanes of at least 4 members (excludes halogenated alkanes) is 1. The van der Waals surface area contributed by atoms with Gasteiger partial charge in [-0.15, -0.1) is 0 Å². The molecule has 0 bridgehead atoms. The summed E-state index contributed by atoms with van der Waals surface area (Å²) in [5.74, 6) is 0.440. The molecule has 1 atom stereocenters. The topological polar surface area (TPSA) is 67.2 Å². The van der Waals surface area contributed by atoms with Crippen LogP contribution >= 0.6 is 15.9 Å². The zero-order valence-electron chi connectivity index (χ0n) is 12.4. The Balaban J connectivity index is 2.68. The van der Waals surface area contributed by atoms with Gasteiger partial charge in [-0.25, -0.2) is 4.68 Å². The number of aliphatic hydroxyl groups excluding tert-OH is 1. The monoisotopic (exact) mass is 345 g/mol. The Morgan fingerprint density at radius 3 is 2.80 bits per heavy atom. The van der Waals surface area contributed by atoms with Crippen LogP contribution in [-0.2, 0) is 6.54 Å². The fourth-order valence-corrected chi connectivity index (χ4v) is 2.36. The maximum Gasteiger partial charge on any atom is 0.283 e. The van der Waals surface area contributed by atoms with Crippen molar-refractivity contribution in [2.24, 2.45) is 5.92 Å². The number of rotatable bonds is 8. The van der Waals surface area contributed by atoms with Gasteiger partial charge in [0.25, 0.3) is 5.56 Å². The summed E-state index contributed by atoms with van der Waals surface area (Å²) in [5.41, 5.74) is 0.493. The van der Waals surface area contributed by atoms with E-state index in [0.717, 1.165) is 19.3 Å². The molecule has 20 heavy (non-hydrogen) atoms. The van der Waals surface area contributed by atoms with Gasteiger partial charge in [-0.1, -0.05) is 27.2 Å². The molecule has 1 unspecified atom stereocenters. The fourth-order valence-electron chi connectivity index (χ4n) is 1.91. The van der Waals surface area contributed by atoms with E-state index in [9.17, 15) is 9.90 Å². The number of aryl methyl sites for hydroxylation is 1. The lowest BCUT2D eigenvalue weighted by Crippen LogP contribution is -2.26. The number of anilines is 1. The van der Waals surface area contributed by atoms with E-state index >= 15 is 0 Å². The smallest absolute Gasteiger partial charge is 0.283 e. The van der Waals surface area contributed by atoms with Gasteiger partial charge in [-0.2, -0.15) is 5.10 Å². The van der Waals surface area contributed by atoms with E-state index in [-0.39, 0.29) is 5.56 Å². The first-order valence-electron chi connectivity index (χ1n) is 7.13. The van der Waals surface area contributed by atoms with Crippen LogP contribution in [0.1, 0.15) is 40.0 Å².